The molecular formula is C17H18N4O4. The highest BCUT2D eigenvalue weighted by molar-refractivity contribution is 6.43. The van der Waals surface area contributed by atoms with Crippen LogP contribution in [0.5, 0.6) is 0 Å². The topological polar surface area (TPSA) is 105 Å². The summed E-state index contributed by atoms with van der Waals surface area (Å²) in [7, 11) is 0. The molecule has 3 amide bonds. The first-order valence-electron chi connectivity index (χ1n) is 7.99. The van der Waals surface area contributed by atoms with E-state index in [2.05, 4.69) is 15.8 Å². The summed E-state index contributed by atoms with van der Waals surface area (Å²) in [5.74, 6) is -0.927. The molecule has 1 aliphatic heterocycles. The van der Waals surface area contributed by atoms with Crippen molar-refractivity contribution in [2.45, 2.75) is 26.2 Å². The maximum atomic E-state index is 12.0. The molecule has 0 aliphatic carbocycles. The van der Waals surface area contributed by atoms with Crippen LogP contribution in [0.1, 0.15) is 25.0 Å². The van der Waals surface area contributed by atoms with Gasteiger partial charge < -0.3 is 14.7 Å². The minimum atomic E-state index is -0.854. The highest BCUT2D eigenvalue weighted by Crippen LogP contribution is 2.23. The molecule has 2 aromatic rings. The Balaban J connectivity index is 1.66. The van der Waals surface area contributed by atoms with Gasteiger partial charge in [0.2, 0.25) is 5.91 Å². The predicted octanol–water partition coefficient (Wildman–Crippen LogP) is 2.08. The number of aromatic nitrogens is 1. The van der Waals surface area contributed by atoms with Crippen LogP contribution in [0.3, 0.4) is 0 Å². The lowest BCUT2D eigenvalue weighted by Crippen LogP contribution is -2.35. The molecule has 1 saturated heterocycles. The van der Waals surface area contributed by atoms with E-state index in [1.54, 1.807) is 36.1 Å². The third kappa shape index (κ3) is 4.03. The number of amides is 3. The van der Waals surface area contributed by atoms with Crippen LogP contribution in [0.15, 0.2) is 34.9 Å². The summed E-state index contributed by atoms with van der Waals surface area (Å²) >= 11 is 0. The summed E-state index contributed by atoms with van der Waals surface area (Å²) in [5.41, 5.74) is 1.14. The smallest absolute Gasteiger partial charge is 0.315 e. The second-order valence-corrected chi connectivity index (χ2v) is 5.78. The molecule has 0 spiro atoms. The summed E-state index contributed by atoms with van der Waals surface area (Å²) in [5, 5.41) is 8.46. The van der Waals surface area contributed by atoms with Crippen LogP contribution in [0.25, 0.3) is 0 Å². The standard InChI is InChI=1S/C17H18N4O4/c1-11-9-14(20-25-11)19-17(24)16(23)18-12-5-4-6-13(10-12)21-8-3-2-7-15(21)22/h4-6,9-10H,2-3,7-8H2,1H3,(H,18,23)(H,19,20,24). The Kier molecular flexibility index (Phi) is 4.78. The van der Waals surface area contributed by atoms with E-state index in [-0.39, 0.29) is 11.7 Å². The Bertz CT molecular complexity index is 814. The highest BCUT2D eigenvalue weighted by Gasteiger charge is 2.20. The number of hydrogen-bond acceptors (Lipinski definition) is 5. The largest absolute Gasteiger partial charge is 0.360 e. The van der Waals surface area contributed by atoms with Gasteiger partial charge in [0.05, 0.1) is 0 Å². The molecule has 130 valence electrons. The summed E-state index contributed by atoms with van der Waals surface area (Å²) < 4.78 is 4.82. The lowest BCUT2D eigenvalue weighted by molar-refractivity contribution is -0.133. The van der Waals surface area contributed by atoms with Crippen molar-refractivity contribution in [1.82, 2.24) is 5.16 Å². The van der Waals surface area contributed by atoms with Crippen LogP contribution < -0.4 is 15.5 Å². The first kappa shape index (κ1) is 16.7. The fourth-order valence-electron chi connectivity index (χ4n) is 2.62. The number of piperidine rings is 1. The number of aryl methyl sites for hydroxylation is 1. The highest BCUT2D eigenvalue weighted by atomic mass is 16.5. The number of benzene rings is 1. The molecule has 0 bridgehead atoms. The Labute approximate surface area is 144 Å². The summed E-state index contributed by atoms with van der Waals surface area (Å²) in [6, 6.07) is 8.37. The molecule has 1 aliphatic rings. The normalized spacial score (nSPS) is 14.3. The molecule has 8 nitrogen and oxygen atoms in total. The number of hydrogen-bond donors (Lipinski definition) is 2. The second kappa shape index (κ2) is 7.16. The van der Waals surface area contributed by atoms with Gasteiger partial charge in [-0.15, -0.1) is 0 Å². The van der Waals surface area contributed by atoms with E-state index < -0.39 is 11.8 Å². The van der Waals surface area contributed by atoms with Crippen LogP contribution in [0.4, 0.5) is 17.2 Å². The maximum absolute atomic E-state index is 12.0. The van der Waals surface area contributed by atoms with Crippen molar-refractivity contribution < 1.29 is 18.9 Å². The number of anilines is 3. The summed E-state index contributed by atoms with van der Waals surface area (Å²) in [6.45, 7) is 2.33. The number of rotatable bonds is 3. The van der Waals surface area contributed by atoms with Crippen molar-refractivity contribution in [3.63, 3.8) is 0 Å². The van der Waals surface area contributed by atoms with Gasteiger partial charge in [0.25, 0.3) is 0 Å². The van der Waals surface area contributed by atoms with Crippen LogP contribution in [0, 0.1) is 6.92 Å². The third-order valence-corrected chi connectivity index (χ3v) is 3.81. The van der Waals surface area contributed by atoms with Gasteiger partial charge in [-0.3, -0.25) is 19.7 Å². The fraction of sp³-hybridized carbons (Fsp3) is 0.294. The quantitative estimate of drug-likeness (QED) is 0.831. The lowest BCUT2D eigenvalue weighted by atomic mass is 10.1. The summed E-state index contributed by atoms with van der Waals surface area (Å²) in [4.78, 5) is 37.6. The van der Waals surface area contributed by atoms with Crippen molar-refractivity contribution in [3.8, 4) is 0 Å². The lowest BCUT2D eigenvalue weighted by Gasteiger charge is -2.27. The summed E-state index contributed by atoms with van der Waals surface area (Å²) in [6.07, 6.45) is 2.37. The Morgan fingerprint density at radius 2 is 1.96 bits per heavy atom. The first-order valence-corrected chi connectivity index (χ1v) is 7.99. The van der Waals surface area contributed by atoms with Crippen molar-refractivity contribution in [2.24, 2.45) is 0 Å². The molecule has 0 radical (unpaired) electrons. The van der Waals surface area contributed by atoms with Gasteiger partial charge in [-0.2, -0.15) is 0 Å². The zero-order valence-corrected chi connectivity index (χ0v) is 13.7. The van der Waals surface area contributed by atoms with Gasteiger partial charge in [0.15, 0.2) is 5.82 Å². The minimum Gasteiger partial charge on any atom is -0.360 e. The molecule has 1 fully saturated rings. The minimum absolute atomic E-state index is 0.0638. The van der Waals surface area contributed by atoms with Crippen molar-refractivity contribution in [3.05, 3.63) is 36.1 Å². The molecule has 2 heterocycles. The van der Waals surface area contributed by atoms with Crippen LogP contribution in [0.2, 0.25) is 0 Å². The first-order chi connectivity index (χ1) is 12.0. The molecule has 3 rings (SSSR count). The Morgan fingerprint density at radius 3 is 2.68 bits per heavy atom. The molecular weight excluding hydrogens is 324 g/mol. The number of carbonyl (C=O) groups excluding carboxylic acids is 3. The van der Waals surface area contributed by atoms with Gasteiger partial charge in [0.1, 0.15) is 5.76 Å². The SMILES string of the molecule is Cc1cc(NC(=O)C(=O)Nc2cccc(N3CCCCC3=O)c2)no1. The van der Waals surface area contributed by atoms with Crippen molar-refractivity contribution in [2.75, 3.05) is 22.1 Å². The van der Waals surface area contributed by atoms with Crippen LogP contribution >= 0.6 is 0 Å². The van der Waals surface area contributed by atoms with Crippen molar-refractivity contribution >= 4 is 34.9 Å². The van der Waals surface area contributed by atoms with Gasteiger partial charge in [0, 0.05) is 30.4 Å². The van der Waals surface area contributed by atoms with E-state index in [9.17, 15) is 14.4 Å². The van der Waals surface area contributed by atoms with Crippen LogP contribution in [-0.4, -0.2) is 29.4 Å². The van der Waals surface area contributed by atoms with Gasteiger partial charge in [-0.25, -0.2) is 0 Å². The third-order valence-electron chi connectivity index (χ3n) is 3.81. The van der Waals surface area contributed by atoms with Gasteiger partial charge >= 0.3 is 11.8 Å². The molecule has 0 saturated carbocycles. The molecule has 8 heteroatoms. The molecule has 0 unspecified atom stereocenters. The van der Waals surface area contributed by atoms with E-state index in [1.165, 1.54) is 6.07 Å². The fourth-order valence-corrected chi connectivity index (χ4v) is 2.62. The molecule has 0 atom stereocenters. The number of nitrogens with one attached hydrogen (secondary N) is 2. The van der Waals surface area contributed by atoms with Crippen LogP contribution in [-0.2, 0) is 14.4 Å². The second-order valence-electron chi connectivity index (χ2n) is 5.78. The average molecular weight is 342 g/mol. The predicted molar refractivity (Wildman–Crippen MR) is 91.1 cm³/mol. The number of carbonyl (C=O) groups is 3. The molecule has 1 aromatic carbocycles. The van der Waals surface area contributed by atoms with E-state index in [1.807, 2.05) is 0 Å². The number of nitrogens with zero attached hydrogens (tertiary/aromatic N) is 2. The monoisotopic (exact) mass is 342 g/mol. The van der Waals surface area contributed by atoms with E-state index >= 15 is 0 Å². The Morgan fingerprint density at radius 1 is 1.16 bits per heavy atom. The average Bonchev–Trinajstić information content (AvgIpc) is 3.00. The van der Waals surface area contributed by atoms with E-state index in [0.29, 0.717) is 30.1 Å². The van der Waals surface area contributed by atoms with E-state index in [0.717, 1.165) is 12.8 Å². The zero-order chi connectivity index (χ0) is 17.8. The molecule has 25 heavy (non-hydrogen) atoms. The maximum Gasteiger partial charge on any atom is 0.315 e. The van der Waals surface area contributed by atoms with Gasteiger partial charge in [-0.1, -0.05) is 11.2 Å². The van der Waals surface area contributed by atoms with Gasteiger partial charge in [-0.05, 0) is 38.0 Å². The zero-order valence-electron chi connectivity index (χ0n) is 13.7. The Hall–Kier alpha value is -3.16. The van der Waals surface area contributed by atoms with E-state index in [4.69, 9.17) is 4.52 Å². The molecule has 2 N–H and O–H groups in total. The molecule has 1 aromatic heterocycles. The van der Waals surface area contributed by atoms with Crippen molar-refractivity contribution in [1.29, 1.82) is 0 Å².